The molecule has 0 aliphatic rings. The number of nitrogens with zero attached hydrogens (tertiary/aromatic N) is 3. The summed E-state index contributed by atoms with van der Waals surface area (Å²) in [5, 5.41) is 14.9. The molecule has 0 saturated carbocycles. The minimum Gasteiger partial charge on any atom is -0.462 e. The predicted octanol–water partition coefficient (Wildman–Crippen LogP) is 3.87. The molecule has 1 aromatic carbocycles. The van der Waals surface area contributed by atoms with Crippen LogP contribution in [0.25, 0.3) is 11.3 Å². The minimum atomic E-state index is -0.546. The fourth-order valence-electron chi connectivity index (χ4n) is 2.35. The third kappa shape index (κ3) is 4.39. The maximum absolute atomic E-state index is 11.7. The van der Waals surface area contributed by atoms with Crippen molar-refractivity contribution in [3.05, 3.63) is 76.2 Å². The number of nitro groups is 1. The molecule has 2 aromatic heterocycles. The molecule has 0 amide bonds. The van der Waals surface area contributed by atoms with E-state index >= 15 is 0 Å². The number of esters is 1. The lowest BCUT2D eigenvalue weighted by Crippen LogP contribution is -2.03. The SMILES string of the molecule is CCOC(=O)c1ccc(-c2ccc(/C=N\Nc3ncccc3[N+](=O)[O-])o2)cc1. The Bertz CT molecular complexity index is 1010. The molecule has 9 nitrogen and oxygen atoms in total. The van der Waals surface area contributed by atoms with Crippen LogP contribution in [0.4, 0.5) is 11.5 Å². The highest BCUT2D eigenvalue weighted by Crippen LogP contribution is 2.23. The molecule has 0 bridgehead atoms. The molecule has 3 aromatic rings. The minimum absolute atomic E-state index is 0.0325. The second-order valence-corrected chi connectivity index (χ2v) is 5.50. The van der Waals surface area contributed by atoms with Crippen molar-refractivity contribution in [1.82, 2.24) is 4.98 Å². The summed E-state index contributed by atoms with van der Waals surface area (Å²) in [4.78, 5) is 26.0. The van der Waals surface area contributed by atoms with Gasteiger partial charge in [-0.15, -0.1) is 0 Å². The van der Waals surface area contributed by atoms with Crippen LogP contribution in [0.3, 0.4) is 0 Å². The van der Waals surface area contributed by atoms with Crippen LogP contribution >= 0.6 is 0 Å². The van der Waals surface area contributed by atoms with Gasteiger partial charge in [-0.05, 0) is 37.3 Å². The number of pyridine rings is 1. The summed E-state index contributed by atoms with van der Waals surface area (Å²) in [5.41, 5.74) is 3.59. The average Bonchev–Trinajstić information content (AvgIpc) is 3.17. The molecule has 0 saturated heterocycles. The Morgan fingerprint density at radius 1 is 1.29 bits per heavy atom. The highest BCUT2D eigenvalue weighted by atomic mass is 16.6. The number of hydrogen-bond donors (Lipinski definition) is 1. The van der Waals surface area contributed by atoms with E-state index in [9.17, 15) is 14.9 Å². The number of anilines is 1. The molecule has 1 N–H and O–H groups in total. The maximum Gasteiger partial charge on any atom is 0.338 e. The highest BCUT2D eigenvalue weighted by molar-refractivity contribution is 5.90. The van der Waals surface area contributed by atoms with Gasteiger partial charge < -0.3 is 9.15 Å². The summed E-state index contributed by atoms with van der Waals surface area (Å²) in [6.45, 7) is 2.07. The molecule has 9 heteroatoms. The fraction of sp³-hybridized carbons (Fsp3) is 0.105. The zero-order valence-electron chi connectivity index (χ0n) is 14.9. The Kier molecular flexibility index (Phi) is 5.75. The number of furan rings is 1. The van der Waals surface area contributed by atoms with Crippen LogP contribution in [0.15, 0.2) is 64.2 Å². The molecule has 0 radical (unpaired) electrons. The van der Waals surface area contributed by atoms with E-state index in [2.05, 4.69) is 15.5 Å². The Morgan fingerprint density at radius 3 is 2.79 bits per heavy atom. The topological polar surface area (TPSA) is 120 Å². The summed E-state index contributed by atoms with van der Waals surface area (Å²) in [6, 6.07) is 13.1. The van der Waals surface area contributed by atoms with Crippen molar-refractivity contribution in [2.24, 2.45) is 5.10 Å². The van der Waals surface area contributed by atoms with Crippen LogP contribution in [-0.2, 0) is 4.74 Å². The van der Waals surface area contributed by atoms with E-state index in [0.29, 0.717) is 23.7 Å². The van der Waals surface area contributed by atoms with Crippen LogP contribution in [-0.4, -0.2) is 28.7 Å². The van der Waals surface area contributed by atoms with Crippen molar-refractivity contribution >= 4 is 23.7 Å². The van der Waals surface area contributed by atoms with Gasteiger partial charge in [0, 0.05) is 17.8 Å². The van der Waals surface area contributed by atoms with E-state index in [4.69, 9.17) is 9.15 Å². The predicted molar refractivity (Wildman–Crippen MR) is 102 cm³/mol. The Hall–Kier alpha value is -4.01. The number of carbonyl (C=O) groups is 1. The number of ether oxygens (including phenoxy) is 1. The van der Waals surface area contributed by atoms with Crippen molar-refractivity contribution in [2.45, 2.75) is 6.92 Å². The van der Waals surface area contributed by atoms with Gasteiger partial charge in [0.1, 0.15) is 11.5 Å². The Balaban J connectivity index is 1.68. The third-order valence-electron chi connectivity index (χ3n) is 3.65. The molecule has 0 aliphatic carbocycles. The number of nitrogens with one attached hydrogen (secondary N) is 1. The Labute approximate surface area is 159 Å². The smallest absolute Gasteiger partial charge is 0.338 e. The van der Waals surface area contributed by atoms with Crippen LogP contribution < -0.4 is 5.43 Å². The van der Waals surface area contributed by atoms with Gasteiger partial charge in [0.2, 0.25) is 5.82 Å². The molecule has 0 fully saturated rings. The van der Waals surface area contributed by atoms with Crippen LogP contribution in [0.5, 0.6) is 0 Å². The largest absolute Gasteiger partial charge is 0.462 e. The number of hydrogen-bond acceptors (Lipinski definition) is 8. The van der Waals surface area contributed by atoms with Gasteiger partial charge in [-0.25, -0.2) is 9.78 Å². The van der Waals surface area contributed by atoms with Gasteiger partial charge in [0.25, 0.3) is 0 Å². The van der Waals surface area contributed by atoms with Gasteiger partial charge in [0.05, 0.1) is 23.3 Å². The van der Waals surface area contributed by atoms with E-state index < -0.39 is 4.92 Å². The molecule has 0 unspecified atom stereocenters. The first-order valence-electron chi connectivity index (χ1n) is 8.34. The number of hydrazone groups is 1. The summed E-state index contributed by atoms with van der Waals surface area (Å²) in [6.07, 6.45) is 2.81. The second-order valence-electron chi connectivity index (χ2n) is 5.50. The van der Waals surface area contributed by atoms with E-state index in [1.54, 1.807) is 43.3 Å². The monoisotopic (exact) mass is 380 g/mol. The zero-order valence-corrected chi connectivity index (χ0v) is 14.9. The zero-order chi connectivity index (χ0) is 19.9. The van der Waals surface area contributed by atoms with E-state index in [0.717, 1.165) is 5.56 Å². The first kappa shape index (κ1) is 18.8. The summed E-state index contributed by atoms with van der Waals surface area (Å²) in [5.74, 6) is 0.678. The third-order valence-corrected chi connectivity index (χ3v) is 3.65. The van der Waals surface area contributed by atoms with Gasteiger partial charge in [-0.3, -0.25) is 15.5 Å². The van der Waals surface area contributed by atoms with Crippen LogP contribution in [0.2, 0.25) is 0 Å². The van der Waals surface area contributed by atoms with Crippen molar-refractivity contribution in [2.75, 3.05) is 12.0 Å². The van der Waals surface area contributed by atoms with E-state index in [-0.39, 0.29) is 17.5 Å². The molecule has 0 aliphatic heterocycles. The lowest BCUT2D eigenvalue weighted by atomic mass is 10.1. The van der Waals surface area contributed by atoms with Gasteiger partial charge >= 0.3 is 11.7 Å². The van der Waals surface area contributed by atoms with Crippen LogP contribution in [0.1, 0.15) is 23.0 Å². The molecule has 2 heterocycles. The van der Waals surface area contributed by atoms with Gasteiger partial charge in [-0.2, -0.15) is 5.10 Å². The van der Waals surface area contributed by atoms with Crippen molar-refractivity contribution < 1.29 is 18.9 Å². The lowest BCUT2D eigenvalue weighted by Gasteiger charge is -2.02. The van der Waals surface area contributed by atoms with Crippen molar-refractivity contribution in [3.63, 3.8) is 0 Å². The lowest BCUT2D eigenvalue weighted by molar-refractivity contribution is -0.384. The first-order valence-corrected chi connectivity index (χ1v) is 8.34. The number of aromatic nitrogens is 1. The molecular weight excluding hydrogens is 364 g/mol. The van der Waals surface area contributed by atoms with Crippen molar-refractivity contribution in [3.8, 4) is 11.3 Å². The van der Waals surface area contributed by atoms with Gasteiger partial charge in [-0.1, -0.05) is 12.1 Å². The standard InChI is InChI=1S/C19H16N4O5/c1-2-27-19(24)14-7-5-13(6-8-14)17-10-9-15(28-17)12-21-22-18-16(23(25)26)4-3-11-20-18/h3-12H,2H2,1H3,(H,20,22)/b21-12-. The molecular formula is C19H16N4O5. The molecule has 0 spiro atoms. The molecule has 28 heavy (non-hydrogen) atoms. The van der Waals surface area contributed by atoms with E-state index in [1.165, 1.54) is 24.5 Å². The fourth-order valence-corrected chi connectivity index (χ4v) is 2.35. The number of carbonyl (C=O) groups excluding carboxylic acids is 1. The Morgan fingerprint density at radius 2 is 2.07 bits per heavy atom. The van der Waals surface area contributed by atoms with E-state index in [1.807, 2.05) is 0 Å². The summed E-state index contributed by atoms with van der Waals surface area (Å²) < 4.78 is 10.6. The summed E-state index contributed by atoms with van der Waals surface area (Å²) in [7, 11) is 0. The number of benzene rings is 1. The molecule has 142 valence electrons. The molecule has 0 atom stereocenters. The quantitative estimate of drug-likeness (QED) is 0.286. The summed E-state index contributed by atoms with van der Waals surface area (Å²) >= 11 is 0. The molecule has 3 rings (SSSR count). The maximum atomic E-state index is 11.7. The average molecular weight is 380 g/mol. The second kappa shape index (κ2) is 8.58. The highest BCUT2D eigenvalue weighted by Gasteiger charge is 2.13. The van der Waals surface area contributed by atoms with Crippen LogP contribution in [0, 0.1) is 10.1 Å². The normalized spacial score (nSPS) is 10.8. The number of rotatable bonds is 7. The van der Waals surface area contributed by atoms with Gasteiger partial charge in [0.15, 0.2) is 0 Å². The van der Waals surface area contributed by atoms with Crippen molar-refractivity contribution in [1.29, 1.82) is 0 Å². The first-order chi connectivity index (χ1) is 13.6.